The Morgan fingerprint density at radius 3 is 2.41 bits per heavy atom. The standard InChI is InChI=1S/C22H21NO5S/c1-22(2,3)28-21(25)27-17-11-7-8-15(14-18-23-12-13-29-18)19(17)20(24)26-16-9-5-4-6-10-16/h4-13H,14H2,1-3H3. The summed E-state index contributed by atoms with van der Waals surface area (Å²) >= 11 is 1.47. The van der Waals surface area contributed by atoms with E-state index in [1.54, 1.807) is 63.4 Å². The van der Waals surface area contributed by atoms with Gasteiger partial charge in [-0.25, -0.2) is 14.6 Å². The predicted molar refractivity (Wildman–Crippen MR) is 110 cm³/mol. The van der Waals surface area contributed by atoms with Crippen LogP contribution in [-0.2, 0) is 11.2 Å². The molecule has 0 unspecified atom stereocenters. The van der Waals surface area contributed by atoms with Crippen LogP contribution in [0, 0.1) is 0 Å². The van der Waals surface area contributed by atoms with Gasteiger partial charge in [0.1, 0.15) is 22.7 Å². The average molecular weight is 411 g/mol. The number of esters is 1. The first-order chi connectivity index (χ1) is 13.8. The molecular weight excluding hydrogens is 390 g/mol. The van der Waals surface area contributed by atoms with Gasteiger partial charge in [0.05, 0.1) is 5.01 Å². The molecule has 0 aliphatic rings. The molecule has 6 nitrogen and oxygen atoms in total. The van der Waals surface area contributed by atoms with Crippen molar-refractivity contribution in [1.29, 1.82) is 0 Å². The van der Waals surface area contributed by atoms with Crippen molar-refractivity contribution >= 4 is 23.5 Å². The molecule has 7 heteroatoms. The summed E-state index contributed by atoms with van der Waals surface area (Å²) < 4.78 is 16.1. The minimum absolute atomic E-state index is 0.0780. The van der Waals surface area contributed by atoms with E-state index in [0.717, 1.165) is 5.01 Å². The van der Waals surface area contributed by atoms with Crippen LogP contribution in [0.1, 0.15) is 41.7 Å². The highest BCUT2D eigenvalue weighted by Crippen LogP contribution is 2.28. The lowest BCUT2D eigenvalue weighted by Crippen LogP contribution is -2.26. The topological polar surface area (TPSA) is 74.7 Å². The van der Waals surface area contributed by atoms with Crippen molar-refractivity contribution in [2.24, 2.45) is 0 Å². The number of benzene rings is 2. The van der Waals surface area contributed by atoms with Crippen molar-refractivity contribution in [2.75, 3.05) is 0 Å². The third-order valence-corrected chi connectivity index (χ3v) is 4.46. The van der Waals surface area contributed by atoms with Crippen molar-refractivity contribution in [3.63, 3.8) is 0 Å². The number of carbonyl (C=O) groups is 2. The molecule has 29 heavy (non-hydrogen) atoms. The average Bonchev–Trinajstić information content (AvgIpc) is 3.14. The zero-order valence-electron chi connectivity index (χ0n) is 16.4. The van der Waals surface area contributed by atoms with E-state index in [1.165, 1.54) is 17.4 Å². The van der Waals surface area contributed by atoms with Gasteiger partial charge in [-0.3, -0.25) is 0 Å². The molecule has 0 amide bonds. The van der Waals surface area contributed by atoms with Crippen LogP contribution in [0.15, 0.2) is 60.1 Å². The Labute approximate surface area is 173 Å². The first-order valence-corrected chi connectivity index (χ1v) is 9.88. The molecule has 3 rings (SSSR count). The number of aromatic nitrogens is 1. The SMILES string of the molecule is CC(C)(C)OC(=O)Oc1cccc(Cc2nccs2)c1C(=O)Oc1ccccc1. The van der Waals surface area contributed by atoms with E-state index in [-0.39, 0.29) is 11.3 Å². The third-order valence-electron chi connectivity index (χ3n) is 3.68. The van der Waals surface area contributed by atoms with Gasteiger partial charge in [-0.2, -0.15) is 0 Å². The molecule has 150 valence electrons. The summed E-state index contributed by atoms with van der Waals surface area (Å²) in [5.41, 5.74) is 0.0830. The van der Waals surface area contributed by atoms with Crippen LogP contribution in [0.5, 0.6) is 11.5 Å². The third kappa shape index (κ3) is 5.89. The number of ether oxygens (including phenoxy) is 3. The molecule has 2 aromatic carbocycles. The fraction of sp³-hybridized carbons (Fsp3) is 0.227. The second kappa shape index (κ2) is 8.87. The van der Waals surface area contributed by atoms with E-state index < -0.39 is 17.7 Å². The number of para-hydroxylation sites is 1. The van der Waals surface area contributed by atoms with E-state index in [0.29, 0.717) is 17.7 Å². The van der Waals surface area contributed by atoms with Crippen LogP contribution in [0.2, 0.25) is 0 Å². The Bertz CT molecular complexity index is 978. The van der Waals surface area contributed by atoms with E-state index >= 15 is 0 Å². The Kier molecular flexibility index (Phi) is 6.29. The summed E-state index contributed by atoms with van der Waals surface area (Å²) in [4.78, 5) is 29.4. The van der Waals surface area contributed by atoms with Gasteiger partial charge in [-0.05, 0) is 44.5 Å². The number of nitrogens with zero attached hydrogens (tertiary/aromatic N) is 1. The molecule has 0 radical (unpaired) electrons. The number of hydrogen-bond donors (Lipinski definition) is 0. The maximum absolute atomic E-state index is 13.0. The highest BCUT2D eigenvalue weighted by molar-refractivity contribution is 7.09. The summed E-state index contributed by atoms with van der Waals surface area (Å²) in [5.74, 6) is -0.152. The van der Waals surface area contributed by atoms with Crippen LogP contribution in [-0.4, -0.2) is 22.7 Å². The number of hydrogen-bond acceptors (Lipinski definition) is 7. The molecule has 3 aromatic rings. The fourth-order valence-electron chi connectivity index (χ4n) is 2.55. The van der Waals surface area contributed by atoms with Crippen LogP contribution in [0.25, 0.3) is 0 Å². The maximum Gasteiger partial charge on any atom is 0.514 e. The number of thiazole rings is 1. The first kappa shape index (κ1) is 20.5. The quantitative estimate of drug-likeness (QED) is 0.324. The number of rotatable bonds is 5. The van der Waals surface area contributed by atoms with Crippen molar-refractivity contribution in [3.05, 3.63) is 76.2 Å². The van der Waals surface area contributed by atoms with Crippen molar-refractivity contribution < 1.29 is 23.8 Å². The zero-order chi connectivity index (χ0) is 20.9. The van der Waals surface area contributed by atoms with Gasteiger partial charge in [0, 0.05) is 18.0 Å². The molecule has 0 spiro atoms. The highest BCUT2D eigenvalue weighted by Gasteiger charge is 2.25. The molecule has 0 aliphatic heterocycles. The van der Waals surface area contributed by atoms with Gasteiger partial charge in [-0.15, -0.1) is 11.3 Å². The lowest BCUT2D eigenvalue weighted by atomic mass is 10.0. The molecule has 0 saturated heterocycles. The van der Waals surface area contributed by atoms with Crippen LogP contribution >= 0.6 is 11.3 Å². The molecule has 0 N–H and O–H groups in total. The summed E-state index contributed by atoms with van der Waals surface area (Å²) in [6.07, 6.45) is 1.21. The normalized spacial score (nSPS) is 11.0. The smallest absolute Gasteiger partial charge is 0.428 e. The minimum Gasteiger partial charge on any atom is -0.428 e. The molecule has 1 aromatic heterocycles. The van der Waals surface area contributed by atoms with Gasteiger partial charge in [0.15, 0.2) is 0 Å². The Balaban J connectivity index is 1.94. The van der Waals surface area contributed by atoms with Crippen LogP contribution < -0.4 is 9.47 Å². The Morgan fingerprint density at radius 1 is 1.00 bits per heavy atom. The van der Waals surface area contributed by atoms with Gasteiger partial charge in [-0.1, -0.05) is 30.3 Å². The minimum atomic E-state index is -0.891. The summed E-state index contributed by atoms with van der Waals surface area (Å²) in [5, 5.41) is 2.69. The van der Waals surface area contributed by atoms with E-state index in [4.69, 9.17) is 14.2 Å². The Morgan fingerprint density at radius 2 is 1.76 bits per heavy atom. The molecule has 0 aliphatic carbocycles. The molecule has 1 heterocycles. The molecule has 0 fully saturated rings. The lowest BCUT2D eigenvalue weighted by molar-refractivity contribution is 0.0204. The second-order valence-electron chi connectivity index (χ2n) is 7.16. The number of carbonyl (C=O) groups excluding carboxylic acids is 2. The maximum atomic E-state index is 13.0. The van der Waals surface area contributed by atoms with Gasteiger partial charge < -0.3 is 14.2 Å². The summed E-state index contributed by atoms with van der Waals surface area (Å²) in [6, 6.07) is 13.7. The molecule has 0 saturated carbocycles. The van der Waals surface area contributed by atoms with Gasteiger partial charge in [0.2, 0.25) is 0 Å². The second-order valence-corrected chi connectivity index (χ2v) is 8.14. The van der Waals surface area contributed by atoms with Crippen LogP contribution in [0.3, 0.4) is 0 Å². The first-order valence-electron chi connectivity index (χ1n) is 9.00. The molecular formula is C22H21NO5S. The van der Waals surface area contributed by atoms with Crippen molar-refractivity contribution in [2.45, 2.75) is 32.8 Å². The van der Waals surface area contributed by atoms with Crippen LogP contribution in [0.4, 0.5) is 4.79 Å². The fourth-order valence-corrected chi connectivity index (χ4v) is 3.19. The van der Waals surface area contributed by atoms with E-state index in [2.05, 4.69) is 4.98 Å². The lowest BCUT2D eigenvalue weighted by Gasteiger charge is -2.19. The Hall–Kier alpha value is -3.19. The monoisotopic (exact) mass is 411 g/mol. The van der Waals surface area contributed by atoms with Gasteiger partial charge >= 0.3 is 12.1 Å². The molecule has 0 bridgehead atoms. The van der Waals surface area contributed by atoms with Gasteiger partial charge in [0.25, 0.3) is 0 Å². The van der Waals surface area contributed by atoms with E-state index in [1.807, 2.05) is 11.4 Å². The predicted octanol–water partition coefficient (Wildman–Crippen LogP) is 5.27. The summed E-state index contributed by atoms with van der Waals surface area (Å²) in [7, 11) is 0. The van der Waals surface area contributed by atoms with Crippen molar-refractivity contribution in [3.8, 4) is 11.5 Å². The largest absolute Gasteiger partial charge is 0.514 e. The van der Waals surface area contributed by atoms with Crippen molar-refractivity contribution in [1.82, 2.24) is 4.98 Å². The zero-order valence-corrected chi connectivity index (χ0v) is 17.2. The van der Waals surface area contributed by atoms with E-state index in [9.17, 15) is 9.59 Å². The molecule has 0 atom stereocenters. The summed E-state index contributed by atoms with van der Waals surface area (Å²) in [6.45, 7) is 5.20. The highest BCUT2D eigenvalue weighted by atomic mass is 32.1.